The van der Waals surface area contributed by atoms with Crippen LogP contribution in [0.3, 0.4) is 0 Å². The second kappa shape index (κ2) is 5.29. The van der Waals surface area contributed by atoms with Crippen molar-refractivity contribution >= 4 is 11.6 Å². The normalized spacial score (nSPS) is 20.4. The summed E-state index contributed by atoms with van der Waals surface area (Å²) in [7, 11) is 1.85. The lowest BCUT2D eigenvalue weighted by Gasteiger charge is -2.35. The zero-order valence-electron chi connectivity index (χ0n) is 10.3. The van der Waals surface area contributed by atoms with Crippen molar-refractivity contribution in [3.8, 4) is 0 Å². The van der Waals surface area contributed by atoms with Crippen molar-refractivity contribution in [2.24, 2.45) is 5.73 Å². The standard InChI is InChI=1S/C11H19N5O/c1-8-14-10(13-2)5-11(15-8)16-3-4-17-7-9(16)6-12/h5,9H,3-4,6-7,12H2,1-2H3,(H,13,14,15). The Morgan fingerprint density at radius 1 is 1.59 bits per heavy atom. The molecule has 2 rings (SSSR count). The molecule has 94 valence electrons. The summed E-state index contributed by atoms with van der Waals surface area (Å²) in [5.74, 6) is 2.50. The summed E-state index contributed by atoms with van der Waals surface area (Å²) >= 11 is 0. The van der Waals surface area contributed by atoms with Gasteiger partial charge >= 0.3 is 0 Å². The fourth-order valence-corrected chi connectivity index (χ4v) is 1.98. The van der Waals surface area contributed by atoms with Crippen molar-refractivity contribution in [3.63, 3.8) is 0 Å². The second-order valence-corrected chi connectivity index (χ2v) is 4.07. The molecule has 1 aromatic rings. The Hall–Kier alpha value is -1.40. The van der Waals surface area contributed by atoms with E-state index >= 15 is 0 Å². The number of aryl methyl sites for hydroxylation is 1. The minimum atomic E-state index is 0.197. The van der Waals surface area contributed by atoms with Crippen LogP contribution in [0.4, 0.5) is 11.6 Å². The van der Waals surface area contributed by atoms with Crippen molar-refractivity contribution < 1.29 is 4.74 Å². The predicted octanol–water partition coefficient (Wildman–Crippen LogP) is -0.00938. The number of aromatic nitrogens is 2. The molecule has 1 atom stereocenters. The maximum atomic E-state index is 5.76. The lowest BCUT2D eigenvalue weighted by molar-refractivity contribution is 0.0958. The average molecular weight is 237 g/mol. The summed E-state index contributed by atoms with van der Waals surface area (Å²) in [6.45, 7) is 4.66. The Morgan fingerprint density at radius 2 is 2.41 bits per heavy atom. The molecule has 1 fully saturated rings. The molecule has 2 heterocycles. The highest BCUT2D eigenvalue weighted by Gasteiger charge is 2.23. The summed E-state index contributed by atoms with van der Waals surface area (Å²) in [5.41, 5.74) is 5.76. The number of nitrogens with one attached hydrogen (secondary N) is 1. The third-order valence-electron chi connectivity index (χ3n) is 2.87. The predicted molar refractivity (Wildman–Crippen MR) is 67.3 cm³/mol. The molecule has 1 aliphatic heterocycles. The van der Waals surface area contributed by atoms with Crippen LogP contribution >= 0.6 is 0 Å². The summed E-state index contributed by atoms with van der Waals surface area (Å²) < 4.78 is 5.43. The van der Waals surface area contributed by atoms with Gasteiger partial charge in [0.1, 0.15) is 17.5 Å². The molecule has 0 bridgehead atoms. The zero-order chi connectivity index (χ0) is 12.3. The van der Waals surface area contributed by atoms with Gasteiger partial charge in [0.15, 0.2) is 0 Å². The Labute approximate surface area is 101 Å². The van der Waals surface area contributed by atoms with Crippen molar-refractivity contribution in [1.82, 2.24) is 9.97 Å². The lowest BCUT2D eigenvalue weighted by Crippen LogP contribution is -2.50. The van der Waals surface area contributed by atoms with Gasteiger partial charge in [-0.1, -0.05) is 0 Å². The van der Waals surface area contributed by atoms with Gasteiger partial charge in [-0.25, -0.2) is 9.97 Å². The van der Waals surface area contributed by atoms with Gasteiger partial charge in [0.05, 0.1) is 19.3 Å². The molecule has 3 N–H and O–H groups in total. The summed E-state index contributed by atoms with van der Waals surface area (Å²) in [5, 5.41) is 3.04. The van der Waals surface area contributed by atoms with Gasteiger partial charge in [-0.2, -0.15) is 0 Å². The first-order chi connectivity index (χ1) is 8.24. The van der Waals surface area contributed by atoms with Crippen molar-refractivity contribution in [2.45, 2.75) is 13.0 Å². The van der Waals surface area contributed by atoms with Crippen LogP contribution in [-0.4, -0.2) is 49.4 Å². The Balaban J connectivity index is 2.27. The number of hydrogen-bond acceptors (Lipinski definition) is 6. The fourth-order valence-electron chi connectivity index (χ4n) is 1.98. The first kappa shape index (κ1) is 12.1. The maximum absolute atomic E-state index is 5.76. The van der Waals surface area contributed by atoms with Crippen LogP contribution in [-0.2, 0) is 4.74 Å². The van der Waals surface area contributed by atoms with Crippen molar-refractivity contribution in [3.05, 3.63) is 11.9 Å². The number of hydrogen-bond donors (Lipinski definition) is 2. The van der Waals surface area contributed by atoms with Crippen molar-refractivity contribution in [1.29, 1.82) is 0 Å². The van der Waals surface area contributed by atoms with Gasteiger partial charge in [-0.05, 0) is 6.92 Å². The Bertz CT molecular complexity index is 384. The fraction of sp³-hybridized carbons (Fsp3) is 0.636. The number of anilines is 2. The van der Waals surface area contributed by atoms with Crippen molar-refractivity contribution in [2.75, 3.05) is 43.6 Å². The van der Waals surface area contributed by atoms with Crippen LogP contribution in [0, 0.1) is 6.92 Å². The van der Waals surface area contributed by atoms with Crippen LogP contribution in [0.25, 0.3) is 0 Å². The van der Waals surface area contributed by atoms with Crippen LogP contribution in [0.5, 0.6) is 0 Å². The van der Waals surface area contributed by atoms with Gasteiger partial charge in [0.25, 0.3) is 0 Å². The smallest absolute Gasteiger partial charge is 0.134 e. The van der Waals surface area contributed by atoms with E-state index in [0.717, 1.165) is 24.0 Å². The molecular weight excluding hydrogens is 218 g/mol. The van der Waals surface area contributed by atoms with E-state index in [1.807, 2.05) is 20.0 Å². The second-order valence-electron chi connectivity index (χ2n) is 4.07. The average Bonchev–Trinajstić information content (AvgIpc) is 2.37. The molecule has 1 saturated heterocycles. The number of rotatable bonds is 3. The molecule has 0 aliphatic carbocycles. The minimum Gasteiger partial charge on any atom is -0.377 e. The summed E-state index contributed by atoms with van der Waals surface area (Å²) in [6, 6.07) is 2.14. The number of nitrogens with two attached hydrogens (primary N) is 1. The molecule has 0 radical (unpaired) electrons. The molecule has 0 spiro atoms. The quantitative estimate of drug-likeness (QED) is 0.770. The van der Waals surface area contributed by atoms with E-state index in [-0.39, 0.29) is 6.04 Å². The Morgan fingerprint density at radius 3 is 3.12 bits per heavy atom. The zero-order valence-corrected chi connectivity index (χ0v) is 10.3. The molecule has 0 aromatic carbocycles. The van der Waals surface area contributed by atoms with E-state index in [2.05, 4.69) is 20.2 Å². The van der Waals surface area contributed by atoms with Crippen LogP contribution < -0.4 is 16.0 Å². The Kier molecular flexibility index (Phi) is 3.75. The maximum Gasteiger partial charge on any atom is 0.134 e. The third kappa shape index (κ3) is 2.65. The molecule has 17 heavy (non-hydrogen) atoms. The van der Waals surface area contributed by atoms with Gasteiger partial charge < -0.3 is 20.7 Å². The monoisotopic (exact) mass is 237 g/mol. The van der Waals surface area contributed by atoms with Gasteiger partial charge in [0.2, 0.25) is 0 Å². The van der Waals surface area contributed by atoms with Gasteiger partial charge in [-0.15, -0.1) is 0 Å². The molecule has 1 aromatic heterocycles. The highest BCUT2D eigenvalue weighted by molar-refractivity contribution is 5.50. The topological polar surface area (TPSA) is 76.3 Å². The molecule has 6 heteroatoms. The van der Waals surface area contributed by atoms with E-state index in [0.29, 0.717) is 19.8 Å². The largest absolute Gasteiger partial charge is 0.377 e. The molecule has 1 aliphatic rings. The highest BCUT2D eigenvalue weighted by atomic mass is 16.5. The number of nitrogens with zero attached hydrogens (tertiary/aromatic N) is 3. The van der Waals surface area contributed by atoms with E-state index < -0.39 is 0 Å². The lowest BCUT2D eigenvalue weighted by atomic mass is 10.2. The highest BCUT2D eigenvalue weighted by Crippen LogP contribution is 2.19. The first-order valence-electron chi connectivity index (χ1n) is 5.82. The van der Waals surface area contributed by atoms with Crippen LogP contribution in [0.2, 0.25) is 0 Å². The SMILES string of the molecule is CNc1cc(N2CCOCC2CN)nc(C)n1. The van der Waals surface area contributed by atoms with Crippen LogP contribution in [0.1, 0.15) is 5.82 Å². The molecule has 1 unspecified atom stereocenters. The summed E-state index contributed by atoms with van der Waals surface area (Å²) in [4.78, 5) is 10.9. The molecule has 0 amide bonds. The van der Waals surface area contributed by atoms with E-state index in [1.54, 1.807) is 0 Å². The molecule has 6 nitrogen and oxygen atoms in total. The van der Waals surface area contributed by atoms with E-state index in [1.165, 1.54) is 0 Å². The first-order valence-corrected chi connectivity index (χ1v) is 5.82. The minimum absolute atomic E-state index is 0.197. The molecular formula is C11H19N5O. The number of morpholine rings is 1. The van der Waals surface area contributed by atoms with E-state index in [9.17, 15) is 0 Å². The van der Waals surface area contributed by atoms with Crippen LogP contribution in [0.15, 0.2) is 6.07 Å². The number of ether oxygens (including phenoxy) is 1. The summed E-state index contributed by atoms with van der Waals surface area (Å²) in [6.07, 6.45) is 0. The van der Waals surface area contributed by atoms with Gasteiger partial charge in [0, 0.05) is 26.2 Å². The van der Waals surface area contributed by atoms with E-state index in [4.69, 9.17) is 10.5 Å². The van der Waals surface area contributed by atoms with Gasteiger partial charge in [-0.3, -0.25) is 0 Å². The third-order valence-corrected chi connectivity index (χ3v) is 2.87. The molecule has 0 saturated carbocycles.